The molecule has 0 aliphatic carbocycles. The number of rotatable bonds is 0. The Balaban J connectivity index is 1.85. The second-order valence-electron chi connectivity index (χ2n) is 5.01. The highest BCUT2D eigenvalue weighted by Crippen LogP contribution is 2.45. The van der Waals surface area contributed by atoms with Crippen LogP contribution in [0, 0.1) is 5.41 Å². The molecule has 3 aliphatic rings. The molecule has 2 unspecified atom stereocenters. The van der Waals surface area contributed by atoms with Crippen molar-refractivity contribution in [3.8, 4) is 0 Å². The lowest BCUT2D eigenvalue weighted by Crippen LogP contribution is -2.58. The normalized spacial score (nSPS) is 40.4. The first-order chi connectivity index (χ1) is 6.62. The fourth-order valence-corrected chi connectivity index (χ4v) is 3.13. The summed E-state index contributed by atoms with van der Waals surface area (Å²) in [7, 11) is 2.06. The molecular formula is C10H16N2O2. The lowest BCUT2D eigenvalue weighted by atomic mass is 9.78. The standard InChI is InChI=1S/C10H16N2O2/c1-7-4-14-8-3-10(5-11(2)6-10)9(13)12(7)8/h7-8H,3-6H2,1-2H3. The van der Waals surface area contributed by atoms with Crippen LogP contribution in [0.2, 0.25) is 0 Å². The highest BCUT2D eigenvalue weighted by Gasteiger charge is 2.60. The molecule has 4 heteroatoms. The quantitative estimate of drug-likeness (QED) is 0.542. The summed E-state index contributed by atoms with van der Waals surface area (Å²) in [6.45, 7) is 4.60. The summed E-state index contributed by atoms with van der Waals surface area (Å²) in [5.74, 6) is 0.325. The summed E-state index contributed by atoms with van der Waals surface area (Å²) in [5.41, 5.74) is -0.0892. The van der Waals surface area contributed by atoms with Crippen molar-refractivity contribution in [2.45, 2.75) is 25.6 Å². The number of hydrogen-bond acceptors (Lipinski definition) is 3. The van der Waals surface area contributed by atoms with E-state index in [0.717, 1.165) is 19.5 Å². The Morgan fingerprint density at radius 2 is 2.21 bits per heavy atom. The average molecular weight is 196 g/mol. The lowest BCUT2D eigenvalue weighted by Gasteiger charge is -2.44. The molecule has 3 aliphatic heterocycles. The van der Waals surface area contributed by atoms with Gasteiger partial charge in [-0.1, -0.05) is 0 Å². The zero-order valence-electron chi connectivity index (χ0n) is 8.69. The van der Waals surface area contributed by atoms with Crippen molar-refractivity contribution in [3.63, 3.8) is 0 Å². The highest BCUT2D eigenvalue weighted by molar-refractivity contribution is 5.87. The number of amides is 1. The van der Waals surface area contributed by atoms with E-state index in [2.05, 4.69) is 18.9 Å². The van der Waals surface area contributed by atoms with Crippen LogP contribution in [0.5, 0.6) is 0 Å². The van der Waals surface area contributed by atoms with E-state index in [1.165, 1.54) is 0 Å². The van der Waals surface area contributed by atoms with Gasteiger partial charge in [-0.25, -0.2) is 0 Å². The van der Waals surface area contributed by atoms with Gasteiger partial charge in [-0.3, -0.25) is 4.79 Å². The van der Waals surface area contributed by atoms with Crippen molar-refractivity contribution >= 4 is 5.91 Å². The maximum atomic E-state index is 12.2. The van der Waals surface area contributed by atoms with Crippen LogP contribution < -0.4 is 0 Å². The van der Waals surface area contributed by atoms with Gasteiger partial charge in [-0.15, -0.1) is 0 Å². The third kappa shape index (κ3) is 0.880. The van der Waals surface area contributed by atoms with E-state index < -0.39 is 0 Å². The largest absolute Gasteiger partial charge is 0.356 e. The molecule has 0 N–H and O–H groups in total. The first kappa shape index (κ1) is 8.68. The minimum Gasteiger partial charge on any atom is -0.356 e. The second-order valence-corrected chi connectivity index (χ2v) is 5.01. The van der Waals surface area contributed by atoms with Gasteiger partial charge in [0, 0.05) is 19.5 Å². The summed E-state index contributed by atoms with van der Waals surface area (Å²) < 4.78 is 5.61. The molecule has 3 rings (SSSR count). The molecule has 0 aromatic rings. The van der Waals surface area contributed by atoms with Gasteiger partial charge in [-0.2, -0.15) is 0 Å². The first-order valence-corrected chi connectivity index (χ1v) is 5.25. The molecule has 3 heterocycles. The molecule has 2 atom stereocenters. The van der Waals surface area contributed by atoms with Gasteiger partial charge in [0.25, 0.3) is 0 Å². The van der Waals surface area contributed by atoms with E-state index in [9.17, 15) is 4.79 Å². The molecule has 0 saturated carbocycles. The number of carbonyl (C=O) groups excluding carboxylic acids is 1. The van der Waals surface area contributed by atoms with Gasteiger partial charge in [0.1, 0.15) is 6.23 Å². The number of nitrogens with zero attached hydrogens (tertiary/aromatic N) is 2. The Kier molecular flexibility index (Phi) is 1.55. The van der Waals surface area contributed by atoms with E-state index in [-0.39, 0.29) is 17.7 Å². The Labute approximate surface area is 83.8 Å². The highest BCUT2D eigenvalue weighted by atomic mass is 16.5. The zero-order chi connectivity index (χ0) is 9.92. The molecule has 3 saturated heterocycles. The molecule has 78 valence electrons. The van der Waals surface area contributed by atoms with Crippen molar-refractivity contribution < 1.29 is 9.53 Å². The zero-order valence-corrected chi connectivity index (χ0v) is 8.69. The average Bonchev–Trinajstić information content (AvgIpc) is 2.54. The van der Waals surface area contributed by atoms with Gasteiger partial charge in [0.15, 0.2) is 0 Å². The second kappa shape index (κ2) is 2.49. The third-order valence-corrected chi connectivity index (χ3v) is 3.71. The smallest absolute Gasteiger partial charge is 0.233 e. The fourth-order valence-electron chi connectivity index (χ4n) is 3.13. The molecule has 0 bridgehead atoms. The summed E-state index contributed by atoms with van der Waals surface area (Å²) in [6, 6.07) is 0.276. The summed E-state index contributed by atoms with van der Waals surface area (Å²) in [6.07, 6.45) is 0.978. The monoisotopic (exact) mass is 196 g/mol. The van der Waals surface area contributed by atoms with Crippen molar-refractivity contribution in [1.29, 1.82) is 0 Å². The minimum atomic E-state index is -0.0892. The van der Waals surface area contributed by atoms with Crippen molar-refractivity contribution in [3.05, 3.63) is 0 Å². The van der Waals surface area contributed by atoms with Gasteiger partial charge >= 0.3 is 0 Å². The predicted octanol–water partition coefficient (Wildman–Crippen LogP) is -0.105. The minimum absolute atomic E-state index is 0.0752. The molecule has 0 radical (unpaired) electrons. The molecule has 3 fully saturated rings. The third-order valence-electron chi connectivity index (χ3n) is 3.71. The van der Waals surface area contributed by atoms with Crippen LogP contribution in [-0.4, -0.2) is 54.7 Å². The van der Waals surface area contributed by atoms with Gasteiger partial charge in [0.2, 0.25) is 5.91 Å². The van der Waals surface area contributed by atoms with Crippen LogP contribution in [0.4, 0.5) is 0 Å². The topological polar surface area (TPSA) is 32.8 Å². The van der Waals surface area contributed by atoms with Crippen LogP contribution in [0.1, 0.15) is 13.3 Å². The Morgan fingerprint density at radius 1 is 1.50 bits per heavy atom. The maximum Gasteiger partial charge on any atom is 0.233 e. The first-order valence-electron chi connectivity index (χ1n) is 5.25. The van der Waals surface area contributed by atoms with E-state index in [4.69, 9.17) is 4.74 Å². The summed E-state index contributed by atoms with van der Waals surface area (Å²) in [4.78, 5) is 16.3. The molecule has 0 aromatic heterocycles. The summed E-state index contributed by atoms with van der Waals surface area (Å²) in [5, 5.41) is 0. The predicted molar refractivity (Wildman–Crippen MR) is 50.6 cm³/mol. The van der Waals surface area contributed by atoms with E-state index >= 15 is 0 Å². The van der Waals surface area contributed by atoms with Crippen LogP contribution >= 0.6 is 0 Å². The molecule has 1 spiro atoms. The fraction of sp³-hybridized carbons (Fsp3) is 0.900. The van der Waals surface area contributed by atoms with Crippen molar-refractivity contribution in [2.75, 3.05) is 26.7 Å². The Bertz CT molecular complexity index is 286. The Hall–Kier alpha value is -0.610. The summed E-state index contributed by atoms with van der Waals surface area (Å²) >= 11 is 0. The van der Waals surface area contributed by atoms with E-state index in [0.29, 0.717) is 12.5 Å². The number of hydrogen-bond donors (Lipinski definition) is 0. The van der Waals surface area contributed by atoms with Crippen LogP contribution in [0.25, 0.3) is 0 Å². The number of likely N-dealkylation sites (tertiary alicyclic amines) is 1. The number of fused-ring (bicyclic) bond motifs is 1. The Morgan fingerprint density at radius 3 is 2.79 bits per heavy atom. The maximum absolute atomic E-state index is 12.2. The number of ether oxygens (including phenoxy) is 1. The van der Waals surface area contributed by atoms with Gasteiger partial charge in [-0.05, 0) is 14.0 Å². The van der Waals surface area contributed by atoms with Gasteiger partial charge in [0.05, 0.1) is 18.1 Å². The van der Waals surface area contributed by atoms with Crippen LogP contribution in [0.3, 0.4) is 0 Å². The molecule has 0 aromatic carbocycles. The molecular weight excluding hydrogens is 180 g/mol. The van der Waals surface area contributed by atoms with E-state index in [1.54, 1.807) is 0 Å². The molecule has 4 nitrogen and oxygen atoms in total. The molecule has 14 heavy (non-hydrogen) atoms. The number of carbonyl (C=O) groups is 1. The van der Waals surface area contributed by atoms with Gasteiger partial charge < -0.3 is 14.5 Å². The van der Waals surface area contributed by atoms with Crippen LogP contribution in [-0.2, 0) is 9.53 Å². The van der Waals surface area contributed by atoms with Crippen LogP contribution in [0.15, 0.2) is 0 Å². The lowest BCUT2D eigenvalue weighted by molar-refractivity contribution is -0.145. The van der Waals surface area contributed by atoms with Crippen molar-refractivity contribution in [2.24, 2.45) is 5.41 Å². The van der Waals surface area contributed by atoms with E-state index in [1.807, 2.05) is 4.90 Å². The molecule has 1 amide bonds. The van der Waals surface area contributed by atoms with Crippen molar-refractivity contribution in [1.82, 2.24) is 9.80 Å². The SMILES string of the molecule is CC1COC2CC3(CN(C)C3)C(=O)N12.